The standard InChI is InChI=1S/C15H16I2O6/c1-9(19)22-13(14(16)17)12-11(21-8-18)7-20-15(23-12)10-5-3-2-4-6-10/h2-6,8,11-15H,7H2,1H3/t11-,12-,13+,15?/m1/s1. The number of carbonyl (C=O) groups is 2. The lowest BCUT2D eigenvalue weighted by Gasteiger charge is -2.39. The van der Waals surface area contributed by atoms with Crippen LogP contribution >= 0.6 is 45.2 Å². The Labute approximate surface area is 161 Å². The fourth-order valence-electron chi connectivity index (χ4n) is 2.26. The molecule has 0 amide bonds. The highest BCUT2D eigenvalue weighted by Gasteiger charge is 2.43. The summed E-state index contributed by atoms with van der Waals surface area (Å²) in [4.78, 5) is 22.1. The topological polar surface area (TPSA) is 71.1 Å². The zero-order valence-electron chi connectivity index (χ0n) is 12.3. The van der Waals surface area contributed by atoms with Gasteiger partial charge in [0.25, 0.3) is 6.47 Å². The number of hydrogen-bond donors (Lipinski definition) is 0. The summed E-state index contributed by atoms with van der Waals surface area (Å²) in [5.41, 5.74) is 0.849. The molecule has 0 spiro atoms. The molecule has 0 saturated carbocycles. The normalized spacial score (nSPS) is 25.7. The first-order valence-electron chi connectivity index (χ1n) is 6.89. The summed E-state index contributed by atoms with van der Waals surface area (Å²) < 4.78 is 22.0. The second kappa shape index (κ2) is 9.14. The number of halogens is 2. The van der Waals surface area contributed by atoms with Crippen LogP contribution in [0.5, 0.6) is 0 Å². The second-order valence-electron chi connectivity index (χ2n) is 4.86. The van der Waals surface area contributed by atoms with Crippen molar-refractivity contribution in [3.8, 4) is 0 Å². The number of benzene rings is 1. The third kappa shape index (κ3) is 5.26. The summed E-state index contributed by atoms with van der Waals surface area (Å²) in [6, 6.07) is 9.43. The minimum atomic E-state index is -0.635. The van der Waals surface area contributed by atoms with Gasteiger partial charge < -0.3 is 18.9 Å². The summed E-state index contributed by atoms with van der Waals surface area (Å²) in [7, 11) is 0. The molecule has 1 aromatic carbocycles. The molecule has 1 saturated heterocycles. The van der Waals surface area contributed by atoms with E-state index in [1.807, 2.05) is 30.3 Å². The molecule has 4 atom stereocenters. The summed E-state index contributed by atoms with van der Waals surface area (Å²) >= 11 is 4.29. The lowest BCUT2D eigenvalue weighted by atomic mass is 10.1. The summed E-state index contributed by atoms with van der Waals surface area (Å²) in [5, 5.41) is 0. The van der Waals surface area contributed by atoms with Gasteiger partial charge in [-0.25, -0.2) is 0 Å². The largest absolute Gasteiger partial charge is 0.459 e. The molecule has 2 rings (SSSR count). The highest BCUT2D eigenvalue weighted by atomic mass is 127. The van der Waals surface area contributed by atoms with Crippen LogP contribution in [-0.2, 0) is 28.5 Å². The predicted molar refractivity (Wildman–Crippen MR) is 98.3 cm³/mol. The van der Waals surface area contributed by atoms with E-state index in [0.717, 1.165) is 5.56 Å². The Hall–Kier alpha value is -0.460. The summed E-state index contributed by atoms with van der Waals surface area (Å²) in [6.45, 7) is 1.86. The van der Waals surface area contributed by atoms with Crippen molar-refractivity contribution in [2.75, 3.05) is 6.61 Å². The molecule has 126 valence electrons. The van der Waals surface area contributed by atoms with Gasteiger partial charge in [0.1, 0.15) is 8.04 Å². The minimum Gasteiger partial charge on any atom is -0.459 e. The Kier molecular flexibility index (Phi) is 7.50. The maximum Gasteiger partial charge on any atom is 0.303 e. The van der Waals surface area contributed by atoms with Gasteiger partial charge in [0.05, 0.1) is 6.61 Å². The van der Waals surface area contributed by atoms with Crippen molar-refractivity contribution in [2.45, 2.75) is 33.5 Å². The first-order chi connectivity index (χ1) is 11.0. The van der Waals surface area contributed by atoms with E-state index in [4.69, 9.17) is 18.9 Å². The second-order valence-corrected chi connectivity index (χ2v) is 9.92. The van der Waals surface area contributed by atoms with Crippen LogP contribution in [0.3, 0.4) is 0 Å². The number of carbonyl (C=O) groups excluding carboxylic acids is 2. The summed E-state index contributed by atoms with van der Waals surface area (Å²) in [5.74, 6) is -0.412. The molecule has 1 fully saturated rings. The van der Waals surface area contributed by atoms with Gasteiger partial charge in [-0.3, -0.25) is 9.59 Å². The van der Waals surface area contributed by atoms with E-state index in [0.29, 0.717) is 6.47 Å². The molecular weight excluding hydrogens is 530 g/mol. The lowest BCUT2D eigenvalue weighted by Crippen LogP contribution is -2.51. The van der Waals surface area contributed by atoms with Crippen LogP contribution in [0.2, 0.25) is 0 Å². The van der Waals surface area contributed by atoms with Crippen molar-refractivity contribution in [1.29, 1.82) is 0 Å². The fraction of sp³-hybridized carbons (Fsp3) is 0.467. The molecule has 8 heteroatoms. The Morgan fingerprint density at radius 3 is 2.61 bits per heavy atom. The van der Waals surface area contributed by atoms with Gasteiger partial charge in [0.2, 0.25) is 0 Å². The maximum atomic E-state index is 11.4. The van der Waals surface area contributed by atoms with E-state index >= 15 is 0 Å². The van der Waals surface area contributed by atoms with Crippen LogP contribution in [-0.4, -0.2) is 39.3 Å². The Morgan fingerprint density at radius 1 is 1.35 bits per heavy atom. The molecule has 1 aromatic rings. The van der Waals surface area contributed by atoms with E-state index in [9.17, 15) is 9.59 Å². The first-order valence-corrected chi connectivity index (χ1v) is 9.38. The van der Waals surface area contributed by atoms with E-state index in [1.165, 1.54) is 6.92 Å². The Bertz CT molecular complexity index is 524. The Morgan fingerprint density at radius 2 is 2.04 bits per heavy atom. The van der Waals surface area contributed by atoms with Gasteiger partial charge in [0.15, 0.2) is 18.5 Å². The first kappa shape index (κ1) is 18.9. The van der Waals surface area contributed by atoms with Gasteiger partial charge in [-0.15, -0.1) is 0 Å². The van der Waals surface area contributed by atoms with Gasteiger partial charge in [-0.05, 0) is 0 Å². The quantitative estimate of drug-likeness (QED) is 0.237. The molecular formula is C15H16I2O6. The molecule has 0 bridgehead atoms. The van der Waals surface area contributed by atoms with Gasteiger partial charge in [-0.2, -0.15) is 0 Å². The molecule has 0 aliphatic carbocycles. The number of hydrogen-bond acceptors (Lipinski definition) is 6. The molecule has 23 heavy (non-hydrogen) atoms. The number of alkyl halides is 2. The minimum absolute atomic E-state index is 0.0635. The van der Waals surface area contributed by atoms with Gasteiger partial charge in [-0.1, -0.05) is 75.5 Å². The fourth-order valence-corrected chi connectivity index (χ4v) is 3.37. The highest BCUT2D eigenvalue weighted by Crippen LogP contribution is 2.33. The van der Waals surface area contributed by atoms with Crippen molar-refractivity contribution in [3.05, 3.63) is 35.9 Å². The van der Waals surface area contributed by atoms with E-state index in [-0.39, 0.29) is 8.54 Å². The third-order valence-corrected chi connectivity index (χ3v) is 4.65. The summed E-state index contributed by atoms with van der Waals surface area (Å²) in [6.07, 6.45) is -2.41. The highest BCUT2D eigenvalue weighted by molar-refractivity contribution is 14.2. The zero-order chi connectivity index (χ0) is 16.8. The number of esters is 1. The molecule has 0 aromatic heterocycles. The van der Waals surface area contributed by atoms with Crippen molar-refractivity contribution in [1.82, 2.24) is 0 Å². The van der Waals surface area contributed by atoms with E-state index < -0.39 is 30.6 Å². The lowest BCUT2D eigenvalue weighted by molar-refractivity contribution is -0.276. The van der Waals surface area contributed by atoms with Crippen molar-refractivity contribution in [2.24, 2.45) is 0 Å². The molecule has 0 radical (unpaired) electrons. The Balaban J connectivity index is 2.21. The molecule has 1 aliphatic heterocycles. The van der Waals surface area contributed by atoms with Crippen LogP contribution in [0.1, 0.15) is 18.8 Å². The van der Waals surface area contributed by atoms with E-state index in [2.05, 4.69) is 45.2 Å². The smallest absolute Gasteiger partial charge is 0.303 e. The van der Waals surface area contributed by atoms with Crippen LogP contribution in [0.15, 0.2) is 30.3 Å². The molecule has 0 N–H and O–H groups in total. The molecule has 1 heterocycles. The number of rotatable bonds is 6. The van der Waals surface area contributed by atoms with Crippen LogP contribution < -0.4 is 0 Å². The average Bonchev–Trinajstić information content (AvgIpc) is 2.54. The van der Waals surface area contributed by atoms with Crippen LogP contribution in [0.25, 0.3) is 0 Å². The SMILES string of the molecule is CC(=O)O[C@H](C(I)I)[C@@H]1OC(c2ccccc2)OC[C@H]1OC=O. The maximum absolute atomic E-state index is 11.4. The zero-order valence-corrected chi connectivity index (χ0v) is 16.6. The van der Waals surface area contributed by atoms with Crippen LogP contribution in [0.4, 0.5) is 0 Å². The third-order valence-electron chi connectivity index (χ3n) is 3.24. The van der Waals surface area contributed by atoms with Crippen molar-refractivity contribution < 1.29 is 28.5 Å². The molecule has 6 nitrogen and oxygen atoms in total. The van der Waals surface area contributed by atoms with Gasteiger partial charge in [0, 0.05) is 12.5 Å². The van der Waals surface area contributed by atoms with Crippen molar-refractivity contribution >= 4 is 57.6 Å². The van der Waals surface area contributed by atoms with Gasteiger partial charge >= 0.3 is 5.97 Å². The predicted octanol–water partition coefficient (Wildman–Crippen LogP) is 2.77. The van der Waals surface area contributed by atoms with Crippen molar-refractivity contribution in [3.63, 3.8) is 0 Å². The molecule has 1 aliphatic rings. The number of ether oxygens (including phenoxy) is 4. The molecule has 1 unspecified atom stereocenters. The van der Waals surface area contributed by atoms with Crippen LogP contribution in [0, 0.1) is 0 Å². The monoisotopic (exact) mass is 546 g/mol. The average molecular weight is 546 g/mol. The van der Waals surface area contributed by atoms with E-state index in [1.54, 1.807) is 0 Å².